The Hall–Kier alpha value is -2.79. The molecule has 3 aromatic rings. The molecule has 0 bridgehead atoms. The van der Waals surface area contributed by atoms with Crippen LogP contribution in [-0.4, -0.2) is 42.7 Å². The van der Waals surface area contributed by atoms with Gasteiger partial charge < -0.3 is 20.2 Å². The van der Waals surface area contributed by atoms with Crippen molar-refractivity contribution in [3.63, 3.8) is 0 Å². The number of nitrogens with zero attached hydrogens (tertiary/aromatic N) is 3. The third-order valence-electron chi connectivity index (χ3n) is 4.20. The topological polar surface area (TPSA) is 89.3 Å². The number of halogens is 3. The van der Waals surface area contributed by atoms with Crippen molar-refractivity contribution in [2.75, 3.05) is 24.0 Å². The Morgan fingerprint density at radius 1 is 1.17 bits per heavy atom. The van der Waals surface area contributed by atoms with Crippen LogP contribution in [0.15, 0.2) is 36.5 Å². The van der Waals surface area contributed by atoms with Crippen LogP contribution in [-0.2, 0) is 4.74 Å². The zero-order chi connectivity index (χ0) is 21.9. The molecule has 0 amide bonds. The third-order valence-corrected chi connectivity index (χ3v) is 5.90. The van der Waals surface area contributed by atoms with E-state index in [4.69, 9.17) is 10.5 Å². The number of hydrogen-bond donors (Lipinski definition) is 2. The Morgan fingerprint density at radius 2 is 1.87 bits per heavy atom. The summed E-state index contributed by atoms with van der Waals surface area (Å²) in [4.78, 5) is 13.5. The number of hydrogen-bond acceptors (Lipinski definition) is 6. The zero-order valence-electron chi connectivity index (χ0n) is 17.0. The number of benzene rings is 1. The van der Waals surface area contributed by atoms with E-state index in [2.05, 4.69) is 39.3 Å². The molecule has 0 saturated heterocycles. The first-order chi connectivity index (χ1) is 14.0. The number of nitrogens with two attached hydrogens (primary N) is 1. The summed E-state index contributed by atoms with van der Waals surface area (Å²) in [6.45, 7) is 7.50. The molecular formula is C19H24F3N5O2Si. The van der Waals surface area contributed by atoms with Crippen LogP contribution in [0.2, 0.25) is 25.7 Å². The fraction of sp³-hybridized carbons (Fsp3) is 0.368. The van der Waals surface area contributed by atoms with E-state index >= 15 is 0 Å². The van der Waals surface area contributed by atoms with Crippen LogP contribution in [0.1, 0.15) is 0 Å². The van der Waals surface area contributed by atoms with Gasteiger partial charge in [-0.05, 0) is 36.4 Å². The number of H-pyrrole nitrogens is 1. The molecule has 0 atom stereocenters. The number of aromatic nitrogens is 3. The number of aromatic amines is 1. The maximum absolute atomic E-state index is 12.4. The number of imidazole rings is 1. The van der Waals surface area contributed by atoms with Crippen molar-refractivity contribution in [1.29, 1.82) is 0 Å². The van der Waals surface area contributed by atoms with Crippen LogP contribution >= 0.6 is 0 Å². The Bertz CT molecular complexity index is 986. The summed E-state index contributed by atoms with van der Waals surface area (Å²) in [6.07, 6.45) is -3.24. The lowest BCUT2D eigenvalue weighted by molar-refractivity contribution is -0.274. The molecule has 3 N–H and O–H groups in total. The van der Waals surface area contributed by atoms with Crippen molar-refractivity contribution in [2.24, 2.45) is 0 Å². The number of alkyl halides is 3. The number of nitrogens with one attached hydrogen (secondary N) is 1. The second-order valence-corrected chi connectivity index (χ2v) is 13.6. The average Bonchev–Trinajstić information content (AvgIpc) is 3.03. The first kappa shape index (κ1) is 21.9. The van der Waals surface area contributed by atoms with Gasteiger partial charge in [0, 0.05) is 20.4 Å². The van der Waals surface area contributed by atoms with E-state index in [1.165, 1.54) is 30.5 Å². The minimum Gasteiger partial charge on any atom is -0.406 e. The van der Waals surface area contributed by atoms with E-state index in [0.717, 1.165) is 6.04 Å². The van der Waals surface area contributed by atoms with Crippen molar-refractivity contribution in [3.05, 3.63) is 36.5 Å². The van der Waals surface area contributed by atoms with E-state index < -0.39 is 14.4 Å². The molecule has 7 nitrogen and oxygen atoms in total. The largest absolute Gasteiger partial charge is 0.573 e. The molecule has 2 aromatic heterocycles. The van der Waals surface area contributed by atoms with Gasteiger partial charge in [0.2, 0.25) is 5.95 Å². The van der Waals surface area contributed by atoms with Crippen LogP contribution < -0.4 is 15.4 Å². The summed E-state index contributed by atoms with van der Waals surface area (Å²) < 4.78 is 47.1. The van der Waals surface area contributed by atoms with Gasteiger partial charge in [-0.2, -0.15) is 4.98 Å². The molecule has 0 spiro atoms. The van der Waals surface area contributed by atoms with E-state index in [9.17, 15) is 13.2 Å². The lowest BCUT2D eigenvalue weighted by Crippen LogP contribution is -2.26. The van der Waals surface area contributed by atoms with Gasteiger partial charge >= 0.3 is 6.36 Å². The highest BCUT2D eigenvalue weighted by Gasteiger charge is 2.31. The Labute approximate surface area is 173 Å². The van der Waals surface area contributed by atoms with E-state index in [1.54, 1.807) is 11.0 Å². The third kappa shape index (κ3) is 6.10. The number of fused-ring (bicyclic) bond motifs is 1. The molecule has 0 saturated carbocycles. The molecule has 0 aliphatic heterocycles. The maximum Gasteiger partial charge on any atom is 0.573 e. The standard InChI is InChI=1S/C19H24F3N5O2Si/c1-30(2,3)9-8-28-12-27(14-4-6-15(7-5-14)29-19(20,21)22)18-25-16-10-13(23)11-24-17(16)26-18/h4-7,10-11H,8-9,12,23H2,1-3H3,(H,24,25,26). The smallest absolute Gasteiger partial charge is 0.406 e. The predicted molar refractivity (Wildman–Crippen MR) is 113 cm³/mol. The van der Waals surface area contributed by atoms with Crippen molar-refractivity contribution in [3.8, 4) is 5.75 Å². The molecule has 0 fully saturated rings. The number of ether oxygens (including phenoxy) is 2. The molecule has 30 heavy (non-hydrogen) atoms. The van der Waals surface area contributed by atoms with E-state index in [0.29, 0.717) is 35.1 Å². The summed E-state index contributed by atoms with van der Waals surface area (Å²) in [6, 6.07) is 8.21. The fourth-order valence-corrected chi connectivity index (χ4v) is 3.41. The zero-order valence-corrected chi connectivity index (χ0v) is 18.0. The molecule has 162 valence electrons. The van der Waals surface area contributed by atoms with Crippen LogP contribution in [0, 0.1) is 0 Å². The first-order valence-corrected chi connectivity index (χ1v) is 13.0. The Balaban J connectivity index is 1.84. The second-order valence-electron chi connectivity index (χ2n) is 8.02. The molecular weight excluding hydrogens is 415 g/mol. The van der Waals surface area contributed by atoms with Gasteiger partial charge in [-0.15, -0.1) is 13.2 Å². The summed E-state index contributed by atoms with van der Waals surface area (Å²) in [5.41, 5.74) is 7.98. The van der Waals surface area contributed by atoms with Gasteiger partial charge in [0.05, 0.1) is 17.4 Å². The summed E-state index contributed by atoms with van der Waals surface area (Å²) >= 11 is 0. The molecule has 3 rings (SSSR count). The van der Waals surface area contributed by atoms with Crippen LogP contribution in [0.25, 0.3) is 11.2 Å². The number of anilines is 3. The summed E-state index contributed by atoms with van der Waals surface area (Å²) in [5.74, 6) is 0.144. The van der Waals surface area contributed by atoms with Gasteiger partial charge in [0.15, 0.2) is 5.65 Å². The highest BCUT2D eigenvalue weighted by atomic mass is 28.3. The summed E-state index contributed by atoms with van der Waals surface area (Å²) in [7, 11) is -1.26. The minimum atomic E-state index is -4.74. The molecule has 11 heteroatoms. The predicted octanol–water partition coefficient (Wildman–Crippen LogP) is 4.89. The van der Waals surface area contributed by atoms with Crippen LogP contribution in [0.5, 0.6) is 5.75 Å². The van der Waals surface area contributed by atoms with Gasteiger partial charge in [0.1, 0.15) is 12.5 Å². The SMILES string of the molecule is C[Si](C)(C)CCOCN(c1ccc(OC(F)(F)F)cc1)c1nc2ncc(N)cc2[nH]1. The quantitative estimate of drug-likeness (QED) is 0.295. The molecule has 1 aromatic carbocycles. The monoisotopic (exact) mass is 439 g/mol. The van der Waals surface area contributed by atoms with E-state index in [-0.39, 0.29) is 12.5 Å². The van der Waals surface area contributed by atoms with Crippen molar-refractivity contribution >= 4 is 36.6 Å². The molecule has 0 aliphatic carbocycles. The van der Waals surface area contributed by atoms with E-state index in [1.807, 2.05) is 0 Å². The Morgan fingerprint density at radius 3 is 2.50 bits per heavy atom. The second kappa shape index (κ2) is 8.52. The maximum atomic E-state index is 12.4. The van der Waals surface area contributed by atoms with Gasteiger partial charge in [-0.3, -0.25) is 4.90 Å². The lowest BCUT2D eigenvalue weighted by atomic mass is 10.3. The Kier molecular flexibility index (Phi) is 6.22. The van der Waals surface area contributed by atoms with Gasteiger partial charge in [0.25, 0.3) is 0 Å². The van der Waals surface area contributed by atoms with Gasteiger partial charge in [-0.25, -0.2) is 4.98 Å². The van der Waals surface area contributed by atoms with Crippen LogP contribution in [0.3, 0.4) is 0 Å². The average molecular weight is 440 g/mol. The highest BCUT2D eigenvalue weighted by molar-refractivity contribution is 6.76. The molecule has 0 aliphatic rings. The van der Waals surface area contributed by atoms with Gasteiger partial charge in [-0.1, -0.05) is 19.6 Å². The normalized spacial score (nSPS) is 12.3. The fourth-order valence-electron chi connectivity index (χ4n) is 2.65. The lowest BCUT2D eigenvalue weighted by Gasteiger charge is -2.23. The van der Waals surface area contributed by atoms with Crippen molar-refractivity contribution < 1.29 is 22.6 Å². The highest BCUT2D eigenvalue weighted by Crippen LogP contribution is 2.29. The van der Waals surface area contributed by atoms with Crippen molar-refractivity contribution in [1.82, 2.24) is 15.0 Å². The molecule has 0 radical (unpaired) electrons. The summed E-state index contributed by atoms with van der Waals surface area (Å²) in [5, 5.41) is 0. The number of rotatable bonds is 8. The number of pyridine rings is 1. The molecule has 2 heterocycles. The minimum absolute atomic E-state index is 0.166. The number of nitrogen functional groups attached to an aromatic ring is 1. The van der Waals surface area contributed by atoms with Crippen molar-refractivity contribution in [2.45, 2.75) is 32.0 Å². The molecule has 0 unspecified atom stereocenters. The first-order valence-electron chi connectivity index (χ1n) is 9.32. The van der Waals surface area contributed by atoms with Crippen LogP contribution in [0.4, 0.5) is 30.5 Å².